The molecule has 6 heteroatoms. The molecule has 152 valence electrons. The minimum absolute atomic E-state index is 0.0179. The number of likely N-dealkylation sites (N-methyl/N-ethyl adjacent to an activating group) is 1. The van der Waals surface area contributed by atoms with Gasteiger partial charge in [0.2, 0.25) is 0 Å². The Morgan fingerprint density at radius 2 is 1.70 bits per heavy atom. The molecule has 0 saturated heterocycles. The van der Waals surface area contributed by atoms with Crippen molar-refractivity contribution in [3.8, 4) is 16.9 Å². The molecule has 0 unspecified atom stereocenters. The van der Waals surface area contributed by atoms with Gasteiger partial charge in [0.05, 0.1) is 28.1 Å². The van der Waals surface area contributed by atoms with E-state index in [4.69, 9.17) is 5.10 Å². The lowest BCUT2D eigenvalue weighted by Gasteiger charge is -2.17. The molecular formula is C24H24N4OS. The second-order valence-corrected chi connectivity index (χ2v) is 8.20. The molecule has 5 nitrogen and oxygen atoms in total. The predicted molar refractivity (Wildman–Crippen MR) is 121 cm³/mol. The van der Waals surface area contributed by atoms with E-state index in [1.165, 1.54) is 4.88 Å². The number of aryl methyl sites for hydroxylation is 1. The van der Waals surface area contributed by atoms with Gasteiger partial charge in [-0.1, -0.05) is 48.5 Å². The van der Waals surface area contributed by atoms with Crippen molar-refractivity contribution in [2.75, 3.05) is 13.6 Å². The van der Waals surface area contributed by atoms with Gasteiger partial charge in [-0.15, -0.1) is 11.3 Å². The lowest BCUT2D eigenvalue weighted by molar-refractivity contribution is 0.0796. The zero-order valence-corrected chi connectivity index (χ0v) is 18.2. The van der Waals surface area contributed by atoms with Gasteiger partial charge in [-0.05, 0) is 26.0 Å². The van der Waals surface area contributed by atoms with Crippen molar-refractivity contribution in [1.29, 1.82) is 0 Å². The molecule has 0 bridgehead atoms. The average molecular weight is 417 g/mol. The smallest absolute Gasteiger partial charge is 0.257 e. The lowest BCUT2D eigenvalue weighted by Crippen LogP contribution is -2.29. The summed E-state index contributed by atoms with van der Waals surface area (Å²) in [6.07, 6.45) is 0.797. The maximum absolute atomic E-state index is 13.5. The van der Waals surface area contributed by atoms with Crippen LogP contribution in [0.1, 0.15) is 26.6 Å². The molecule has 1 amide bonds. The van der Waals surface area contributed by atoms with E-state index in [1.807, 2.05) is 91.8 Å². The second kappa shape index (κ2) is 8.63. The molecule has 0 fully saturated rings. The Balaban J connectivity index is 1.71. The molecule has 4 aromatic rings. The first-order valence-electron chi connectivity index (χ1n) is 9.91. The first kappa shape index (κ1) is 20.0. The largest absolute Gasteiger partial charge is 0.341 e. The zero-order chi connectivity index (χ0) is 21.1. The first-order chi connectivity index (χ1) is 14.6. The number of aromatic nitrogens is 3. The van der Waals surface area contributed by atoms with Crippen LogP contribution in [0.5, 0.6) is 0 Å². The van der Waals surface area contributed by atoms with E-state index in [9.17, 15) is 4.79 Å². The van der Waals surface area contributed by atoms with E-state index < -0.39 is 0 Å². The zero-order valence-electron chi connectivity index (χ0n) is 17.4. The Hall–Kier alpha value is -3.25. The van der Waals surface area contributed by atoms with E-state index in [-0.39, 0.29) is 5.91 Å². The van der Waals surface area contributed by atoms with E-state index in [2.05, 4.69) is 4.98 Å². The molecule has 0 N–H and O–H groups in total. The monoisotopic (exact) mass is 416 g/mol. The molecule has 0 atom stereocenters. The van der Waals surface area contributed by atoms with Crippen molar-refractivity contribution >= 4 is 17.2 Å². The van der Waals surface area contributed by atoms with Crippen LogP contribution in [0.3, 0.4) is 0 Å². The summed E-state index contributed by atoms with van der Waals surface area (Å²) in [4.78, 5) is 20.8. The third-order valence-corrected chi connectivity index (χ3v) is 6.24. The molecule has 2 aromatic carbocycles. The van der Waals surface area contributed by atoms with Crippen LogP contribution < -0.4 is 0 Å². The number of carbonyl (C=O) groups is 1. The van der Waals surface area contributed by atoms with E-state index in [1.54, 1.807) is 16.2 Å². The van der Waals surface area contributed by atoms with Gasteiger partial charge in [0, 0.05) is 30.5 Å². The van der Waals surface area contributed by atoms with Gasteiger partial charge < -0.3 is 4.90 Å². The molecule has 0 aliphatic heterocycles. The minimum Gasteiger partial charge on any atom is -0.341 e. The first-order valence-corrected chi connectivity index (χ1v) is 10.8. The van der Waals surface area contributed by atoms with Crippen LogP contribution in [0.15, 0.2) is 66.2 Å². The van der Waals surface area contributed by atoms with Gasteiger partial charge in [0.25, 0.3) is 5.91 Å². The third-order valence-electron chi connectivity index (χ3n) is 5.24. The van der Waals surface area contributed by atoms with Crippen LogP contribution in [-0.2, 0) is 6.42 Å². The molecule has 2 heterocycles. The van der Waals surface area contributed by atoms with Gasteiger partial charge in [-0.25, -0.2) is 9.67 Å². The van der Waals surface area contributed by atoms with Gasteiger partial charge in [-0.2, -0.15) is 5.10 Å². The SMILES string of the molecule is Cc1ncsc1CCN(C)C(=O)c1c(-c2ccccc2)nn(-c2ccccc2)c1C. The van der Waals surface area contributed by atoms with E-state index >= 15 is 0 Å². The van der Waals surface area contributed by atoms with Crippen molar-refractivity contribution < 1.29 is 4.79 Å². The summed E-state index contributed by atoms with van der Waals surface area (Å²) in [5.41, 5.74) is 6.97. The highest BCUT2D eigenvalue weighted by atomic mass is 32.1. The second-order valence-electron chi connectivity index (χ2n) is 7.26. The number of benzene rings is 2. The highest BCUT2D eigenvalue weighted by molar-refractivity contribution is 7.09. The van der Waals surface area contributed by atoms with Crippen LogP contribution in [0.25, 0.3) is 16.9 Å². The van der Waals surface area contributed by atoms with Crippen molar-refractivity contribution in [1.82, 2.24) is 19.7 Å². The van der Waals surface area contributed by atoms with Crippen LogP contribution in [0.4, 0.5) is 0 Å². The lowest BCUT2D eigenvalue weighted by atomic mass is 10.0. The number of hydrogen-bond acceptors (Lipinski definition) is 4. The van der Waals surface area contributed by atoms with Crippen LogP contribution in [0, 0.1) is 13.8 Å². The number of rotatable bonds is 6. The van der Waals surface area contributed by atoms with Gasteiger partial charge in [0.15, 0.2) is 0 Å². The van der Waals surface area contributed by atoms with Crippen molar-refractivity contribution in [3.05, 3.63) is 88.0 Å². The molecule has 0 spiro atoms. The summed E-state index contributed by atoms with van der Waals surface area (Å²) in [6.45, 7) is 4.60. The number of thiazole rings is 1. The molecule has 0 radical (unpaired) electrons. The summed E-state index contributed by atoms with van der Waals surface area (Å²) in [7, 11) is 1.85. The summed E-state index contributed by atoms with van der Waals surface area (Å²) >= 11 is 1.64. The highest BCUT2D eigenvalue weighted by Gasteiger charge is 2.25. The number of nitrogens with zero attached hydrogens (tertiary/aromatic N) is 4. The summed E-state index contributed by atoms with van der Waals surface area (Å²) < 4.78 is 1.86. The summed E-state index contributed by atoms with van der Waals surface area (Å²) in [5.74, 6) is -0.0179. The van der Waals surface area contributed by atoms with Crippen molar-refractivity contribution in [2.45, 2.75) is 20.3 Å². The van der Waals surface area contributed by atoms with Crippen LogP contribution >= 0.6 is 11.3 Å². The maximum Gasteiger partial charge on any atom is 0.257 e. The Morgan fingerprint density at radius 3 is 2.33 bits per heavy atom. The number of carbonyl (C=O) groups excluding carboxylic acids is 1. The topological polar surface area (TPSA) is 51.0 Å². The van der Waals surface area contributed by atoms with Crippen LogP contribution in [0.2, 0.25) is 0 Å². The average Bonchev–Trinajstić information content (AvgIpc) is 3.35. The number of amides is 1. The summed E-state index contributed by atoms with van der Waals surface area (Å²) in [6, 6.07) is 19.8. The molecule has 0 aliphatic carbocycles. The predicted octanol–water partition coefficient (Wildman–Crippen LogP) is 4.93. The van der Waals surface area contributed by atoms with Crippen molar-refractivity contribution in [2.24, 2.45) is 0 Å². The molecule has 2 aromatic heterocycles. The Labute approximate surface area is 180 Å². The molecular weight excluding hydrogens is 392 g/mol. The highest BCUT2D eigenvalue weighted by Crippen LogP contribution is 2.28. The van der Waals surface area contributed by atoms with Crippen LogP contribution in [-0.4, -0.2) is 39.2 Å². The maximum atomic E-state index is 13.5. The molecule has 0 aliphatic rings. The summed E-state index contributed by atoms with van der Waals surface area (Å²) in [5, 5.41) is 4.84. The normalized spacial score (nSPS) is 10.9. The standard InChI is InChI=1S/C24H24N4OS/c1-17-21(30-16-25-17)14-15-27(3)24(29)22-18(2)28(20-12-8-5-9-13-20)26-23(22)19-10-6-4-7-11-19/h4-13,16H,14-15H2,1-3H3. The molecule has 0 saturated carbocycles. The molecule has 30 heavy (non-hydrogen) atoms. The fraction of sp³-hybridized carbons (Fsp3) is 0.208. The van der Waals surface area contributed by atoms with E-state index in [0.29, 0.717) is 17.8 Å². The quantitative estimate of drug-likeness (QED) is 0.448. The molecule has 4 rings (SSSR count). The Morgan fingerprint density at radius 1 is 1.03 bits per heavy atom. The van der Waals surface area contributed by atoms with Crippen molar-refractivity contribution in [3.63, 3.8) is 0 Å². The fourth-order valence-electron chi connectivity index (χ4n) is 3.50. The number of para-hydroxylation sites is 1. The van der Waals surface area contributed by atoms with Gasteiger partial charge in [0.1, 0.15) is 5.69 Å². The van der Waals surface area contributed by atoms with E-state index in [0.717, 1.165) is 29.1 Å². The Kier molecular flexibility index (Phi) is 5.77. The third kappa shape index (κ3) is 3.91. The number of hydrogen-bond donors (Lipinski definition) is 0. The van der Waals surface area contributed by atoms with Gasteiger partial charge >= 0.3 is 0 Å². The van der Waals surface area contributed by atoms with Gasteiger partial charge in [-0.3, -0.25) is 4.79 Å². The minimum atomic E-state index is -0.0179. The Bertz CT molecular complexity index is 1150. The fourth-order valence-corrected chi connectivity index (χ4v) is 4.28.